The summed E-state index contributed by atoms with van der Waals surface area (Å²) in [6, 6.07) is 44.3. The Kier molecular flexibility index (Phi) is 6.74. The highest BCUT2D eigenvalue weighted by atomic mass is 31.1. The molecule has 4 aromatic carbocycles. The van der Waals surface area contributed by atoms with Crippen molar-refractivity contribution in [3.05, 3.63) is 132 Å². The van der Waals surface area contributed by atoms with Gasteiger partial charge in [-0.2, -0.15) is 0 Å². The Morgan fingerprint density at radius 1 is 0.467 bits per heavy atom. The second-order valence-corrected chi connectivity index (χ2v) is 9.65. The van der Waals surface area contributed by atoms with E-state index in [1.54, 1.807) is 0 Å². The number of rotatable bonds is 7. The molecule has 0 heterocycles. The van der Waals surface area contributed by atoms with Crippen molar-refractivity contribution >= 4 is 18.7 Å². The smallest absolute Gasteiger partial charge is 0.0368 e. The summed E-state index contributed by atoms with van der Waals surface area (Å²) in [4.78, 5) is 0. The van der Waals surface area contributed by atoms with Crippen molar-refractivity contribution in [2.24, 2.45) is 0 Å². The third-order valence-corrected chi connectivity index (χ3v) is 8.32. The third kappa shape index (κ3) is 4.54. The van der Waals surface area contributed by atoms with Gasteiger partial charge >= 0.3 is 0 Å². The average molecular weight is 410 g/mol. The van der Waals surface area contributed by atoms with Crippen LogP contribution >= 0.6 is 8.07 Å². The molecule has 2 atom stereocenters. The molecular weight excluding hydrogens is 381 g/mol. The Morgan fingerprint density at radius 3 is 1.10 bits per heavy atom. The van der Waals surface area contributed by atoms with Gasteiger partial charge in [0.05, 0.1) is 0 Å². The molecule has 0 saturated heterocycles. The van der Waals surface area contributed by atoms with Gasteiger partial charge in [-0.15, -0.1) is 0 Å². The van der Waals surface area contributed by atoms with Gasteiger partial charge in [0.25, 0.3) is 0 Å². The van der Waals surface area contributed by atoms with Gasteiger partial charge in [-0.05, 0) is 35.6 Å². The van der Waals surface area contributed by atoms with Gasteiger partial charge in [0.1, 0.15) is 0 Å². The van der Waals surface area contributed by atoms with E-state index in [0.717, 1.165) is 0 Å². The monoisotopic (exact) mass is 409 g/mol. The largest absolute Gasteiger partial charge is 0.261 e. The van der Waals surface area contributed by atoms with Crippen molar-refractivity contribution in [1.29, 1.82) is 0 Å². The van der Waals surface area contributed by atoms with Gasteiger partial charge in [-0.1, -0.05) is 121 Å². The summed E-state index contributed by atoms with van der Waals surface area (Å²) in [5, 5.41) is 2.76. The maximum absolute atomic E-state index is 2.71. The molecule has 4 rings (SSSR count). The predicted octanol–water partition coefficient (Wildman–Crippen LogP) is 6.86. The van der Waals surface area contributed by atoms with Crippen LogP contribution in [0.3, 0.4) is 0 Å². The molecular formula is C28H28NP. The molecule has 0 saturated carbocycles. The van der Waals surface area contributed by atoms with E-state index in [-0.39, 0.29) is 12.1 Å². The van der Waals surface area contributed by atoms with E-state index in [1.165, 1.54) is 21.7 Å². The molecule has 0 fully saturated rings. The first-order valence-electron chi connectivity index (χ1n) is 10.5. The normalized spacial score (nSPS) is 13.3. The van der Waals surface area contributed by atoms with E-state index in [0.29, 0.717) is 0 Å². The zero-order valence-electron chi connectivity index (χ0n) is 17.6. The molecule has 0 spiro atoms. The fraction of sp³-hybridized carbons (Fsp3) is 0.143. The molecule has 2 heteroatoms. The number of nitrogens with zero attached hydrogens (tertiary/aromatic N) is 1. The molecule has 0 aliphatic heterocycles. The Balaban J connectivity index is 1.87. The average Bonchev–Trinajstić information content (AvgIpc) is 2.84. The van der Waals surface area contributed by atoms with E-state index < -0.39 is 8.07 Å². The molecule has 0 aromatic heterocycles. The first kappa shape index (κ1) is 20.5. The van der Waals surface area contributed by atoms with Crippen LogP contribution in [0.5, 0.6) is 0 Å². The van der Waals surface area contributed by atoms with Crippen LogP contribution in [-0.4, -0.2) is 4.67 Å². The van der Waals surface area contributed by atoms with Gasteiger partial charge in [-0.3, -0.25) is 4.67 Å². The first-order valence-corrected chi connectivity index (χ1v) is 11.8. The van der Waals surface area contributed by atoms with Gasteiger partial charge in [0.15, 0.2) is 0 Å². The second kappa shape index (κ2) is 9.85. The minimum Gasteiger partial charge on any atom is -0.261 e. The van der Waals surface area contributed by atoms with E-state index in [9.17, 15) is 0 Å². The SMILES string of the molecule is C[C@H](c1ccccc1)N([C@H](C)c1ccccc1)P(c1ccccc1)c1ccccc1. The molecule has 0 bridgehead atoms. The van der Waals surface area contributed by atoms with Crippen LogP contribution in [0.4, 0.5) is 0 Å². The lowest BCUT2D eigenvalue weighted by atomic mass is 10.0. The van der Waals surface area contributed by atoms with Crippen molar-refractivity contribution in [2.45, 2.75) is 25.9 Å². The van der Waals surface area contributed by atoms with Gasteiger partial charge in [0, 0.05) is 20.2 Å². The molecule has 1 nitrogen and oxygen atoms in total. The van der Waals surface area contributed by atoms with Crippen molar-refractivity contribution in [3.8, 4) is 0 Å². The summed E-state index contributed by atoms with van der Waals surface area (Å²) in [7, 11) is -0.707. The highest BCUT2D eigenvalue weighted by Gasteiger charge is 2.32. The van der Waals surface area contributed by atoms with Gasteiger partial charge < -0.3 is 0 Å². The lowest BCUT2D eigenvalue weighted by Crippen LogP contribution is -2.33. The summed E-state index contributed by atoms with van der Waals surface area (Å²) < 4.78 is 2.71. The molecule has 0 unspecified atom stereocenters. The molecule has 0 aliphatic rings. The number of hydrogen-bond acceptors (Lipinski definition) is 1. The number of benzene rings is 4. The molecule has 0 radical (unpaired) electrons. The molecule has 0 amide bonds. The zero-order valence-corrected chi connectivity index (χ0v) is 18.5. The Morgan fingerprint density at radius 2 is 0.767 bits per heavy atom. The Bertz CT molecular complexity index is 934. The van der Waals surface area contributed by atoms with Gasteiger partial charge in [0.2, 0.25) is 0 Å². The minimum absolute atomic E-state index is 0.271. The van der Waals surface area contributed by atoms with Crippen molar-refractivity contribution < 1.29 is 0 Å². The van der Waals surface area contributed by atoms with E-state index in [1.807, 2.05) is 0 Å². The van der Waals surface area contributed by atoms with Crippen LogP contribution in [-0.2, 0) is 0 Å². The molecule has 0 aliphatic carbocycles. The summed E-state index contributed by atoms with van der Waals surface area (Å²) in [5.41, 5.74) is 2.69. The minimum atomic E-state index is -0.707. The summed E-state index contributed by atoms with van der Waals surface area (Å²) in [6.07, 6.45) is 0. The molecule has 30 heavy (non-hydrogen) atoms. The topological polar surface area (TPSA) is 3.24 Å². The molecule has 4 aromatic rings. The van der Waals surface area contributed by atoms with Crippen LogP contribution in [0, 0.1) is 0 Å². The molecule has 0 N–H and O–H groups in total. The quantitative estimate of drug-likeness (QED) is 0.301. The second-order valence-electron chi connectivity index (χ2n) is 7.54. The summed E-state index contributed by atoms with van der Waals surface area (Å²) >= 11 is 0. The Labute approximate surface area is 181 Å². The predicted molar refractivity (Wildman–Crippen MR) is 131 cm³/mol. The maximum Gasteiger partial charge on any atom is 0.0368 e. The van der Waals surface area contributed by atoms with E-state index in [2.05, 4.69) is 140 Å². The fourth-order valence-corrected chi connectivity index (χ4v) is 6.70. The third-order valence-electron chi connectivity index (χ3n) is 5.59. The standard InChI is InChI=1S/C28H28NP/c1-23(25-15-7-3-8-16-25)29(24(2)26-17-9-4-10-18-26)30(27-19-11-5-12-20-27)28-21-13-6-14-22-28/h3-24H,1-2H3/t23-,24-/m1/s1. The van der Waals surface area contributed by atoms with Crippen molar-refractivity contribution in [1.82, 2.24) is 4.67 Å². The number of hydrogen-bond donors (Lipinski definition) is 0. The zero-order chi connectivity index (χ0) is 20.8. The fourth-order valence-electron chi connectivity index (χ4n) is 4.00. The van der Waals surface area contributed by atoms with Crippen LogP contribution in [0.2, 0.25) is 0 Å². The van der Waals surface area contributed by atoms with Crippen LogP contribution in [0.1, 0.15) is 37.1 Å². The summed E-state index contributed by atoms with van der Waals surface area (Å²) in [6.45, 7) is 4.69. The van der Waals surface area contributed by atoms with E-state index in [4.69, 9.17) is 0 Å². The van der Waals surface area contributed by atoms with Crippen molar-refractivity contribution in [3.63, 3.8) is 0 Å². The first-order chi connectivity index (χ1) is 14.8. The lowest BCUT2D eigenvalue weighted by molar-refractivity contribution is 0.303. The van der Waals surface area contributed by atoms with E-state index >= 15 is 0 Å². The highest BCUT2D eigenvalue weighted by Crippen LogP contribution is 2.50. The summed E-state index contributed by atoms with van der Waals surface area (Å²) in [5.74, 6) is 0. The van der Waals surface area contributed by atoms with Gasteiger partial charge in [-0.25, -0.2) is 0 Å². The lowest BCUT2D eigenvalue weighted by Gasteiger charge is -2.41. The van der Waals surface area contributed by atoms with Crippen molar-refractivity contribution in [2.75, 3.05) is 0 Å². The highest BCUT2D eigenvalue weighted by molar-refractivity contribution is 7.70. The van der Waals surface area contributed by atoms with Crippen LogP contribution in [0.15, 0.2) is 121 Å². The van der Waals surface area contributed by atoms with Crippen LogP contribution in [0.25, 0.3) is 0 Å². The molecule has 150 valence electrons. The maximum atomic E-state index is 2.71. The Hall–Kier alpha value is -2.73. The van der Waals surface area contributed by atoms with Crippen LogP contribution < -0.4 is 10.6 Å².